The van der Waals surface area contributed by atoms with Gasteiger partial charge in [0.2, 0.25) is 0 Å². The van der Waals surface area contributed by atoms with E-state index in [9.17, 15) is 18.0 Å². The number of ether oxygens (including phenoxy) is 2. The molecule has 1 aliphatic rings. The number of sulfone groups is 1. The molecule has 0 spiro atoms. The molecule has 0 N–H and O–H groups in total. The van der Waals surface area contributed by atoms with E-state index < -0.39 is 27.9 Å². The predicted octanol–water partition coefficient (Wildman–Crippen LogP) is 1.86. The minimum atomic E-state index is -3.26. The van der Waals surface area contributed by atoms with Crippen molar-refractivity contribution >= 4 is 21.8 Å². The van der Waals surface area contributed by atoms with Gasteiger partial charge in [0.25, 0.3) is 0 Å². The first kappa shape index (κ1) is 18.9. The summed E-state index contributed by atoms with van der Waals surface area (Å²) in [6, 6.07) is 0. The number of esters is 2. The lowest BCUT2D eigenvalue weighted by Gasteiger charge is -2.17. The molecule has 1 fully saturated rings. The van der Waals surface area contributed by atoms with Crippen LogP contribution < -0.4 is 0 Å². The van der Waals surface area contributed by atoms with E-state index in [1.54, 1.807) is 0 Å². The van der Waals surface area contributed by atoms with Gasteiger partial charge in [0.05, 0.1) is 24.5 Å². The van der Waals surface area contributed by atoms with Gasteiger partial charge in [0.15, 0.2) is 15.9 Å². The fourth-order valence-corrected chi connectivity index (χ4v) is 4.45. The van der Waals surface area contributed by atoms with E-state index in [1.807, 2.05) is 13.8 Å². The second-order valence-corrected chi connectivity index (χ2v) is 8.56. The Labute approximate surface area is 132 Å². The van der Waals surface area contributed by atoms with Crippen molar-refractivity contribution in [2.24, 2.45) is 5.92 Å². The van der Waals surface area contributed by atoms with Crippen LogP contribution in [0, 0.1) is 5.92 Å². The maximum absolute atomic E-state index is 12.1. The summed E-state index contributed by atoms with van der Waals surface area (Å²) in [4.78, 5) is 23.4. The van der Waals surface area contributed by atoms with Crippen LogP contribution in [0.25, 0.3) is 0 Å². The van der Waals surface area contributed by atoms with E-state index in [4.69, 9.17) is 4.74 Å². The first-order chi connectivity index (χ1) is 10.3. The van der Waals surface area contributed by atoms with Crippen LogP contribution in [0.5, 0.6) is 0 Å². The summed E-state index contributed by atoms with van der Waals surface area (Å²) in [5.74, 6) is -1.34. The summed E-state index contributed by atoms with van der Waals surface area (Å²) in [7, 11) is -2.03. The van der Waals surface area contributed by atoms with E-state index in [2.05, 4.69) is 4.74 Å². The van der Waals surface area contributed by atoms with E-state index in [0.717, 1.165) is 12.8 Å². The normalized spacial score (nSPS) is 17.5. The lowest BCUT2D eigenvalue weighted by molar-refractivity contribution is -0.166. The molecule has 0 aromatic carbocycles. The molecule has 0 aromatic rings. The molecule has 1 saturated carbocycles. The summed E-state index contributed by atoms with van der Waals surface area (Å²) >= 11 is 0. The molecule has 1 rings (SSSR count). The molecular formula is C15H26O6S. The van der Waals surface area contributed by atoms with Gasteiger partial charge in [-0.3, -0.25) is 4.79 Å². The van der Waals surface area contributed by atoms with Crippen LogP contribution in [0.3, 0.4) is 0 Å². The van der Waals surface area contributed by atoms with Crippen LogP contribution in [0.15, 0.2) is 0 Å². The fraction of sp³-hybridized carbons (Fsp3) is 0.867. The zero-order valence-electron chi connectivity index (χ0n) is 13.5. The van der Waals surface area contributed by atoms with Gasteiger partial charge < -0.3 is 9.47 Å². The molecule has 0 aliphatic heterocycles. The Morgan fingerprint density at radius 2 is 1.77 bits per heavy atom. The largest absolute Gasteiger partial charge is 0.466 e. The van der Waals surface area contributed by atoms with E-state index in [-0.39, 0.29) is 23.3 Å². The van der Waals surface area contributed by atoms with E-state index in [0.29, 0.717) is 19.3 Å². The second-order valence-electron chi connectivity index (χ2n) is 6.15. The molecule has 0 unspecified atom stereocenters. The summed E-state index contributed by atoms with van der Waals surface area (Å²) in [6.07, 6.45) is 2.37. The third-order valence-corrected chi connectivity index (χ3v) is 6.08. The van der Waals surface area contributed by atoms with Crippen molar-refractivity contribution < 1.29 is 27.5 Å². The molecule has 0 amide bonds. The van der Waals surface area contributed by atoms with E-state index >= 15 is 0 Å². The van der Waals surface area contributed by atoms with Gasteiger partial charge in [-0.25, -0.2) is 13.2 Å². The van der Waals surface area contributed by atoms with Crippen molar-refractivity contribution in [3.8, 4) is 0 Å². The highest BCUT2D eigenvalue weighted by molar-refractivity contribution is 7.92. The number of methoxy groups -OCH3 is 1. The first-order valence-corrected chi connectivity index (χ1v) is 9.46. The standard InChI is InChI=1S/C15H26O6S/c1-11(2)10-13(15(17)20-3)21-14(16)8-9-22(18,19)12-6-4-5-7-12/h11-13H,4-10H2,1-3H3/t13-/m1/s1. The average Bonchev–Trinajstić information content (AvgIpc) is 2.98. The van der Waals surface area contributed by atoms with Gasteiger partial charge >= 0.3 is 11.9 Å². The molecule has 0 heterocycles. The number of carbonyl (C=O) groups is 2. The lowest BCUT2D eigenvalue weighted by Crippen LogP contribution is -2.31. The minimum Gasteiger partial charge on any atom is -0.466 e. The monoisotopic (exact) mass is 334 g/mol. The van der Waals surface area contributed by atoms with Crippen LogP contribution in [0.4, 0.5) is 0 Å². The van der Waals surface area contributed by atoms with Gasteiger partial charge in [0, 0.05) is 0 Å². The Bertz CT molecular complexity index is 476. The Morgan fingerprint density at radius 3 is 2.27 bits per heavy atom. The molecule has 7 heteroatoms. The second kappa shape index (κ2) is 8.50. The number of hydrogen-bond donors (Lipinski definition) is 0. The molecule has 1 atom stereocenters. The van der Waals surface area contributed by atoms with E-state index in [1.165, 1.54) is 7.11 Å². The van der Waals surface area contributed by atoms with Crippen molar-refractivity contribution in [2.75, 3.05) is 12.9 Å². The Balaban J connectivity index is 2.51. The van der Waals surface area contributed by atoms with Crippen LogP contribution in [0.2, 0.25) is 0 Å². The Hall–Kier alpha value is -1.11. The van der Waals surface area contributed by atoms with Gasteiger partial charge in [-0.15, -0.1) is 0 Å². The summed E-state index contributed by atoms with van der Waals surface area (Å²) in [5, 5.41) is -0.327. The molecule has 0 radical (unpaired) electrons. The smallest absolute Gasteiger partial charge is 0.347 e. The zero-order valence-corrected chi connectivity index (χ0v) is 14.4. The SMILES string of the molecule is COC(=O)[C@@H](CC(C)C)OC(=O)CCS(=O)(=O)C1CCCC1. The quantitative estimate of drug-likeness (QED) is 0.630. The van der Waals surface area contributed by atoms with Gasteiger partial charge in [-0.1, -0.05) is 26.7 Å². The molecule has 0 bridgehead atoms. The van der Waals surface area contributed by atoms with Crippen LogP contribution in [-0.2, 0) is 28.9 Å². The minimum absolute atomic E-state index is 0.152. The summed E-state index contributed by atoms with van der Waals surface area (Å²) in [5.41, 5.74) is 0. The van der Waals surface area contributed by atoms with Crippen LogP contribution in [0.1, 0.15) is 52.4 Å². The molecular weight excluding hydrogens is 308 g/mol. The summed E-state index contributed by atoms with van der Waals surface area (Å²) in [6.45, 7) is 3.79. The van der Waals surface area contributed by atoms with Crippen molar-refractivity contribution in [3.05, 3.63) is 0 Å². The maximum atomic E-state index is 12.1. The van der Waals surface area contributed by atoms with Crippen LogP contribution in [-0.4, -0.2) is 44.6 Å². The predicted molar refractivity (Wildman–Crippen MR) is 82.0 cm³/mol. The molecule has 0 saturated heterocycles. The Kier molecular flexibility index (Phi) is 7.32. The highest BCUT2D eigenvalue weighted by Gasteiger charge is 2.30. The van der Waals surface area contributed by atoms with Gasteiger partial charge in [-0.05, 0) is 25.2 Å². The highest BCUT2D eigenvalue weighted by atomic mass is 32.2. The number of carbonyl (C=O) groups excluding carboxylic acids is 2. The molecule has 1 aliphatic carbocycles. The molecule has 6 nitrogen and oxygen atoms in total. The fourth-order valence-electron chi connectivity index (χ4n) is 2.61. The lowest BCUT2D eigenvalue weighted by atomic mass is 10.1. The summed E-state index contributed by atoms with van der Waals surface area (Å²) < 4.78 is 33.9. The maximum Gasteiger partial charge on any atom is 0.347 e. The topological polar surface area (TPSA) is 86.7 Å². The van der Waals surface area contributed by atoms with Crippen molar-refractivity contribution in [3.63, 3.8) is 0 Å². The molecule has 22 heavy (non-hydrogen) atoms. The van der Waals surface area contributed by atoms with Crippen molar-refractivity contribution in [1.82, 2.24) is 0 Å². The first-order valence-electron chi connectivity index (χ1n) is 7.75. The molecule has 128 valence electrons. The third kappa shape index (κ3) is 5.94. The van der Waals surface area contributed by atoms with Crippen LogP contribution >= 0.6 is 0 Å². The molecule has 0 aromatic heterocycles. The van der Waals surface area contributed by atoms with Gasteiger partial charge in [-0.2, -0.15) is 0 Å². The zero-order chi connectivity index (χ0) is 16.8. The third-order valence-electron chi connectivity index (χ3n) is 3.82. The average molecular weight is 334 g/mol. The van der Waals surface area contributed by atoms with Crippen molar-refractivity contribution in [2.45, 2.75) is 63.7 Å². The Morgan fingerprint density at radius 1 is 1.18 bits per heavy atom. The number of hydrogen-bond acceptors (Lipinski definition) is 6. The highest BCUT2D eigenvalue weighted by Crippen LogP contribution is 2.25. The number of rotatable bonds is 8. The van der Waals surface area contributed by atoms with Crippen molar-refractivity contribution in [1.29, 1.82) is 0 Å². The van der Waals surface area contributed by atoms with Gasteiger partial charge in [0.1, 0.15) is 0 Å².